The molecule has 0 aromatic heterocycles. The molecule has 1 aliphatic rings. The molecule has 1 heterocycles. The van der Waals surface area contributed by atoms with Crippen LogP contribution in [0.3, 0.4) is 0 Å². The van der Waals surface area contributed by atoms with Gasteiger partial charge in [0.2, 0.25) is 0 Å². The average Bonchev–Trinajstić information content (AvgIpc) is 2.59. The van der Waals surface area contributed by atoms with E-state index in [1.807, 2.05) is 0 Å². The average molecular weight is 364 g/mol. The van der Waals surface area contributed by atoms with Crippen LogP contribution in [0.2, 0.25) is 0 Å². The summed E-state index contributed by atoms with van der Waals surface area (Å²) in [5.74, 6) is 0.114. The van der Waals surface area contributed by atoms with Crippen molar-refractivity contribution in [1.29, 1.82) is 0 Å². The van der Waals surface area contributed by atoms with Crippen molar-refractivity contribution in [2.75, 3.05) is 32.6 Å². The third-order valence-corrected chi connectivity index (χ3v) is 4.60. The van der Waals surface area contributed by atoms with E-state index in [-0.39, 0.29) is 0 Å². The summed E-state index contributed by atoms with van der Waals surface area (Å²) in [6, 6.07) is 4.61. The number of benzene rings is 1. The Balaban J connectivity index is 2.27. The fraction of sp³-hybridized carbons (Fsp3) is 0.500. The summed E-state index contributed by atoms with van der Waals surface area (Å²) in [5, 5.41) is 3.64. The number of methoxy groups -OCH3 is 2. The van der Waals surface area contributed by atoms with Gasteiger partial charge in [0.1, 0.15) is 0 Å². The topological polar surface area (TPSA) is 67.9 Å². The van der Waals surface area contributed by atoms with E-state index in [2.05, 4.69) is 24.1 Å². The predicted molar refractivity (Wildman–Crippen MR) is 99.9 cm³/mol. The molecule has 2 atom stereocenters. The van der Waals surface area contributed by atoms with Crippen molar-refractivity contribution in [3.8, 4) is 0 Å². The number of ether oxygens (including phenoxy) is 2. The lowest BCUT2D eigenvalue weighted by Gasteiger charge is -2.36. The van der Waals surface area contributed by atoms with Crippen LogP contribution in [0.25, 0.3) is 0 Å². The third-order valence-electron chi connectivity index (χ3n) is 4.24. The Morgan fingerprint density at radius 3 is 2.28 bits per heavy atom. The van der Waals surface area contributed by atoms with Gasteiger partial charge in [0.25, 0.3) is 0 Å². The van der Waals surface area contributed by atoms with Crippen LogP contribution in [0.15, 0.2) is 18.2 Å². The Labute approximate surface area is 153 Å². The van der Waals surface area contributed by atoms with Gasteiger partial charge in [-0.2, -0.15) is 0 Å². The first-order valence-electron chi connectivity index (χ1n) is 8.22. The fourth-order valence-corrected chi connectivity index (χ4v) is 3.46. The smallest absolute Gasteiger partial charge is 0.339 e. The van der Waals surface area contributed by atoms with E-state index in [1.54, 1.807) is 6.07 Å². The van der Waals surface area contributed by atoms with E-state index >= 15 is 0 Å². The van der Waals surface area contributed by atoms with Crippen LogP contribution in [-0.4, -0.2) is 49.3 Å². The van der Waals surface area contributed by atoms with Crippen LogP contribution in [0.5, 0.6) is 0 Å². The van der Waals surface area contributed by atoms with Crippen LogP contribution in [-0.2, 0) is 9.47 Å². The molecule has 0 bridgehead atoms. The maximum absolute atomic E-state index is 12.0. The molecule has 1 N–H and O–H groups in total. The molecule has 7 heteroatoms. The molecule has 25 heavy (non-hydrogen) atoms. The zero-order chi connectivity index (χ0) is 18.6. The summed E-state index contributed by atoms with van der Waals surface area (Å²) < 4.78 is 9.55. The number of likely N-dealkylation sites (tertiary alicyclic amines) is 1. The van der Waals surface area contributed by atoms with Crippen LogP contribution in [0.4, 0.5) is 5.69 Å². The highest BCUT2D eigenvalue weighted by atomic mass is 32.1. The second-order valence-electron chi connectivity index (χ2n) is 6.52. The Bertz CT molecular complexity index is 667. The number of esters is 2. The Morgan fingerprint density at radius 2 is 1.72 bits per heavy atom. The third kappa shape index (κ3) is 4.69. The Hall–Kier alpha value is -2.15. The first kappa shape index (κ1) is 19.2. The first-order chi connectivity index (χ1) is 11.8. The summed E-state index contributed by atoms with van der Waals surface area (Å²) in [6.07, 6.45) is 1.17. The van der Waals surface area contributed by atoms with Gasteiger partial charge < -0.3 is 19.7 Å². The van der Waals surface area contributed by atoms with Crippen molar-refractivity contribution in [2.24, 2.45) is 11.8 Å². The van der Waals surface area contributed by atoms with Gasteiger partial charge in [-0.3, -0.25) is 0 Å². The van der Waals surface area contributed by atoms with Gasteiger partial charge in [0, 0.05) is 13.1 Å². The van der Waals surface area contributed by atoms with Crippen molar-refractivity contribution in [1.82, 2.24) is 4.90 Å². The number of nitrogens with zero attached hydrogens (tertiary/aromatic N) is 1. The highest BCUT2D eigenvalue weighted by Crippen LogP contribution is 2.24. The lowest BCUT2D eigenvalue weighted by atomic mass is 9.92. The molecule has 0 spiro atoms. The van der Waals surface area contributed by atoms with Crippen LogP contribution in [0.1, 0.15) is 41.0 Å². The Kier molecular flexibility index (Phi) is 6.36. The summed E-state index contributed by atoms with van der Waals surface area (Å²) in [4.78, 5) is 25.9. The van der Waals surface area contributed by atoms with Crippen molar-refractivity contribution in [2.45, 2.75) is 20.3 Å². The largest absolute Gasteiger partial charge is 0.465 e. The number of piperidine rings is 1. The normalized spacial score (nSPS) is 19.9. The maximum Gasteiger partial charge on any atom is 0.339 e. The quantitative estimate of drug-likeness (QED) is 0.653. The highest BCUT2D eigenvalue weighted by molar-refractivity contribution is 7.80. The fourth-order valence-electron chi connectivity index (χ4n) is 3.20. The molecule has 0 saturated carbocycles. The number of rotatable bonds is 3. The number of carbonyl (C=O) groups excluding carboxylic acids is 2. The molecule has 1 saturated heterocycles. The second kappa shape index (κ2) is 8.29. The molecule has 1 aromatic carbocycles. The molecule has 1 aromatic rings. The van der Waals surface area contributed by atoms with Gasteiger partial charge in [-0.25, -0.2) is 9.59 Å². The van der Waals surface area contributed by atoms with E-state index in [1.165, 1.54) is 32.8 Å². The molecule has 6 nitrogen and oxygen atoms in total. The molecule has 1 fully saturated rings. The minimum atomic E-state index is -0.498. The molecule has 136 valence electrons. The SMILES string of the molecule is COC(=O)c1ccc(C(=O)OC)c(NC(=S)N2C[C@H](C)C[C@H](C)C2)c1. The molecule has 2 rings (SSSR count). The number of hydrogen-bond donors (Lipinski definition) is 1. The summed E-state index contributed by atoms with van der Waals surface area (Å²) in [5.41, 5.74) is 1.09. The van der Waals surface area contributed by atoms with Crippen LogP contribution >= 0.6 is 12.2 Å². The standard InChI is InChI=1S/C18H24N2O4S/c1-11-7-12(2)10-20(9-11)18(25)19-15-8-13(16(21)23-3)5-6-14(15)17(22)24-4/h5-6,8,11-12H,7,9-10H2,1-4H3,(H,19,25)/t11-,12+. The van der Waals surface area contributed by atoms with Gasteiger partial charge in [-0.1, -0.05) is 13.8 Å². The van der Waals surface area contributed by atoms with Crippen LogP contribution < -0.4 is 5.32 Å². The molecule has 0 radical (unpaired) electrons. The molecular weight excluding hydrogens is 340 g/mol. The van der Waals surface area contributed by atoms with Crippen LogP contribution in [0, 0.1) is 11.8 Å². The monoisotopic (exact) mass is 364 g/mol. The number of anilines is 1. The van der Waals surface area contributed by atoms with Crippen molar-refractivity contribution in [3.63, 3.8) is 0 Å². The van der Waals surface area contributed by atoms with Crippen molar-refractivity contribution >= 4 is 35.0 Å². The maximum atomic E-state index is 12.0. The Morgan fingerprint density at radius 1 is 1.12 bits per heavy atom. The van der Waals surface area contributed by atoms with Gasteiger partial charge in [-0.15, -0.1) is 0 Å². The molecular formula is C18H24N2O4S. The second-order valence-corrected chi connectivity index (χ2v) is 6.91. The predicted octanol–water partition coefficient (Wildman–Crippen LogP) is 2.93. The van der Waals surface area contributed by atoms with Gasteiger partial charge in [0.05, 0.1) is 31.0 Å². The minimum Gasteiger partial charge on any atom is -0.465 e. The van der Waals surface area contributed by atoms with E-state index in [0.717, 1.165) is 13.1 Å². The van der Waals surface area contributed by atoms with E-state index < -0.39 is 11.9 Å². The number of hydrogen-bond acceptors (Lipinski definition) is 5. The van der Waals surface area contributed by atoms with Gasteiger partial charge >= 0.3 is 11.9 Å². The molecule has 0 unspecified atom stereocenters. The molecule has 1 aliphatic heterocycles. The lowest BCUT2D eigenvalue weighted by molar-refractivity contribution is 0.0587. The highest BCUT2D eigenvalue weighted by Gasteiger charge is 2.24. The van der Waals surface area contributed by atoms with Crippen molar-refractivity contribution < 1.29 is 19.1 Å². The summed E-state index contributed by atoms with van der Waals surface area (Å²) in [6.45, 7) is 6.12. The zero-order valence-electron chi connectivity index (χ0n) is 15.0. The summed E-state index contributed by atoms with van der Waals surface area (Å²) >= 11 is 5.53. The summed E-state index contributed by atoms with van der Waals surface area (Å²) in [7, 11) is 2.62. The van der Waals surface area contributed by atoms with Crippen molar-refractivity contribution in [3.05, 3.63) is 29.3 Å². The number of nitrogens with one attached hydrogen (secondary N) is 1. The van der Waals surface area contributed by atoms with E-state index in [4.69, 9.17) is 21.7 Å². The lowest BCUT2D eigenvalue weighted by Crippen LogP contribution is -2.44. The van der Waals surface area contributed by atoms with Gasteiger partial charge in [0.15, 0.2) is 5.11 Å². The first-order valence-corrected chi connectivity index (χ1v) is 8.63. The zero-order valence-corrected chi connectivity index (χ0v) is 15.8. The van der Waals surface area contributed by atoms with Gasteiger partial charge in [-0.05, 0) is 48.7 Å². The van der Waals surface area contributed by atoms with E-state index in [9.17, 15) is 9.59 Å². The number of thiocarbonyl (C=S) groups is 1. The van der Waals surface area contributed by atoms with E-state index in [0.29, 0.717) is 33.8 Å². The number of carbonyl (C=O) groups is 2. The molecule has 0 aliphatic carbocycles. The minimum absolute atomic E-state index is 0.315. The molecule has 0 amide bonds.